The second-order valence-corrected chi connectivity index (χ2v) is 7.77. The van der Waals surface area contributed by atoms with Gasteiger partial charge < -0.3 is 20.1 Å². The van der Waals surface area contributed by atoms with Gasteiger partial charge in [0.05, 0.1) is 24.9 Å². The molecule has 0 radical (unpaired) electrons. The minimum Gasteiger partial charge on any atom is -0.377 e. The first-order valence-corrected chi connectivity index (χ1v) is 10.5. The van der Waals surface area contributed by atoms with E-state index in [2.05, 4.69) is 20.5 Å². The van der Waals surface area contributed by atoms with Crippen LogP contribution in [-0.2, 0) is 22.2 Å². The number of guanidine groups is 1. The summed E-state index contributed by atoms with van der Waals surface area (Å²) in [7, 11) is 1.73. The van der Waals surface area contributed by atoms with Crippen molar-refractivity contribution < 1.29 is 22.6 Å². The number of hydrogen-bond acceptors (Lipinski definition) is 4. The normalized spacial score (nSPS) is 23.1. The monoisotopic (exact) mass is 428 g/mol. The third-order valence-corrected chi connectivity index (χ3v) is 5.39. The van der Waals surface area contributed by atoms with Gasteiger partial charge in [-0.2, -0.15) is 13.2 Å². The van der Waals surface area contributed by atoms with Crippen LogP contribution in [-0.4, -0.2) is 69.5 Å². The van der Waals surface area contributed by atoms with Crippen LogP contribution in [0.3, 0.4) is 0 Å². The van der Waals surface area contributed by atoms with Gasteiger partial charge in [-0.15, -0.1) is 0 Å². The topological polar surface area (TPSA) is 58.1 Å². The van der Waals surface area contributed by atoms with Crippen molar-refractivity contribution in [3.05, 3.63) is 35.4 Å². The third kappa shape index (κ3) is 7.14. The zero-order valence-electron chi connectivity index (χ0n) is 17.4. The molecular weight excluding hydrogens is 397 g/mol. The highest BCUT2D eigenvalue weighted by Crippen LogP contribution is 2.29. The molecule has 0 bridgehead atoms. The van der Waals surface area contributed by atoms with E-state index in [-0.39, 0.29) is 12.1 Å². The van der Waals surface area contributed by atoms with Crippen molar-refractivity contribution in [1.29, 1.82) is 0 Å². The predicted octanol–water partition coefficient (Wildman–Crippen LogP) is 2.64. The number of rotatable bonds is 8. The Labute approximate surface area is 175 Å². The molecule has 2 fully saturated rings. The highest BCUT2D eigenvalue weighted by atomic mass is 19.4. The highest BCUT2D eigenvalue weighted by Gasteiger charge is 2.30. The van der Waals surface area contributed by atoms with Gasteiger partial charge in [-0.25, -0.2) is 0 Å². The molecule has 2 saturated heterocycles. The maximum Gasteiger partial charge on any atom is 0.416 e. The van der Waals surface area contributed by atoms with Crippen LogP contribution in [0, 0.1) is 0 Å². The van der Waals surface area contributed by atoms with Crippen LogP contribution >= 0.6 is 0 Å². The Bertz CT molecular complexity index is 676. The van der Waals surface area contributed by atoms with Crippen molar-refractivity contribution in [2.45, 2.75) is 44.1 Å². The zero-order chi connectivity index (χ0) is 21.4. The summed E-state index contributed by atoms with van der Waals surface area (Å²) in [4.78, 5) is 6.49. The van der Waals surface area contributed by atoms with Gasteiger partial charge in [-0.3, -0.25) is 9.89 Å². The minimum absolute atomic E-state index is 0.233. The average Bonchev–Trinajstić information content (AvgIpc) is 3.38. The van der Waals surface area contributed by atoms with Gasteiger partial charge in [0, 0.05) is 45.9 Å². The van der Waals surface area contributed by atoms with Gasteiger partial charge in [-0.1, -0.05) is 12.1 Å². The van der Waals surface area contributed by atoms with E-state index in [4.69, 9.17) is 9.47 Å². The van der Waals surface area contributed by atoms with Crippen molar-refractivity contribution in [2.24, 2.45) is 4.99 Å². The molecule has 1 aromatic carbocycles. The van der Waals surface area contributed by atoms with Gasteiger partial charge in [0.2, 0.25) is 0 Å². The Morgan fingerprint density at radius 3 is 2.73 bits per heavy atom. The highest BCUT2D eigenvalue weighted by molar-refractivity contribution is 5.80. The predicted molar refractivity (Wildman–Crippen MR) is 109 cm³/mol. The Hall–Kier alpha value is -1.84. The number of ether oxygens (including phenoxy) is 2. The fourth-order valence-corrected chi connectivity index (χ4v) is 3.77. The lowest BCUT2D eigenvalue weighted by Gasteiger charge is -2.19. The van der Waals surface area contributed by atoms with Crippen LogP contribution in [0.25, 0.3) is 0 Å². The molecule has 30 heavy (non-hydrogen) atoms. The molecule has 2 atom stereocenters. The Morgan fingerprint density at radius 2 is 2.07 bits per heavy atom. The molecule has 2 N–H and O–H groups in total. The van der Waals surface area contributed by atoms with E-state index < -0.39 is 11.7 Å². The number of aliphatic imine (C=N–C) groups is 1. The molecule has 0 amide bonds. The lowest BCUT2D eigenvalue weighted by atomic mass is 10.1. The van der Waals surface area contributed by atoms with E-state index in [9.17, 15) is 13.2 Å². The van der Waals surface area contributed by atoms with Crippen molar-refractivity contribution in [3.63, 3.8) is 0 Å². The van der Waals surface area contributed by atoms with Crippen molar-refractivity contribution >= 4 is 5.96 Å². The van der Waals surface area contributed by atoms with E-state index in [1.54, 1.807) is 19.2 Å². The summed E-state index contributed by atoms with van der Waals surface area (Å²) < 4.78 is 49.2. The van der Waals surface area contributed by atoms with Gasteiger partial charge in [0.1, 0.15) is 0 Å². The molecule has 3 rings (SSSR count). The van der Waals surface area contributed by atoms with Crippen molar-refractivity contribution in [2.75, 3.05) is 46.5 Å². The van der Waals surface area contributed by atoms with E-state index in [0.29, 0.717) is 26.3 Å². The lowest BCUT2D eigenvalue weighted by molar-refractivity contribution is -0.137. The fraction of sp³-hybridized carbons (Fsp3) is 0.667. The summed E-state index contributed by atoms with van der Waals surface area (Å²) in [5.41, 5.74) is 0.274. The molecule has 0 aliphatic carbocycles. The van der Waals surface area contributed by atoms with Crippen molar-refractivity contribution in [3.8, 4) is 0 Å². The molecule has 2 unspecified atom stereocenters. The fourth-order valence-electron chi connectivity index (χ4n) is 3.77. The van der Waals surface area contributed by atoms with Gasteiger partial charge in [0.25, 0.3) is 0 Å². The quantitative estimate of drug-likeness (QED) is 0.379. The zero-order valence-corrected chi connectivity index (χ0v) is 17.4. The molecule has 168 valence electrons. The van der Waals surface area contributed by atoms with Crippen LogP contribution in [0.15, 0.2) is 29.3 Å². The molecule has 0 aromatic heterocycles. The maximum atomic E-state index is 12.7. The molecule has 2 aliphatic rings. The second kappa shape index (κ2) is 11.0. The number of nitrogens with zero attached hydrogens (tertiary/aromatic N) is 2. The molecule has 2 heterocycles. The Balaban J connectivity index is 1.33. The summed E-state index contributed by atoms with van der Waals surface area (Å²) in [6, 6.07) is 5.65. The molecule has 0 spiro atoms. The van der Waals surface area contributed by atoms with E-state index >= 15 is 0 Å². The Morgan fingerprint density at radius 1 is 1.27 bits per heavy atom. The summed E-state index contributed by atoms with van der Waals surface area (Å²) in [5, 5.41) is 6.67. The molecule has 6 nitrogen and oxygen atoms in total. The van der Waals surface area contributed by atoms with Crippen LogP contribution in [0.1, 0.15) is 30.4 Å². The van der Waals surface area contributed by atoms with Crippen LogP contribution in [0.2, 0.25) is 0 Å². The number of benzene rings is 1. The summed E-state index contributed by atoms with van der Waals surface area (Å²) in [5.74, 6) is 0.733. The number of likely N-dealkylation sites (tertiary alicyclic amines) is 1. The summed E-state index contributed by atoms with van der Waals surface area (Å²) >= 11 is 0. The lowest BCUT2D eigenvalue weighted by Crippen LogP contribution is -2.45. The summed E-state index contributed by atoms with van der Waals surface area (Å²) in [6.45, 7) is 5.06. The largest absolute Gasteiger partial charge is 0.416 e. The Kier molecular flexibility index (Phi) is 8.35. The van der Waals surface area contributed by atoms with Gasteiger partial charge in [-0.05, 0) is 37.0 Å². The summed E-state index contributed by atoms with van der Waals surface area (Å²) in [6.07, 6.45) is -0.922. The number of alkyl halides is 3. The molecule has 2 aliphatic heterocycles. The van der Waals surface area contributed by atoms with Gasteiger partial charge in [0.15, 0.2) is 5.96 Å². The first-order chi connectivity index (χ1) is 14.4. The second-order valence-electron chi connectivity index (χ2n) is 7.77. The molecule has 1 aromatic rings. The number of halogens is 3. The van der Waals surface area contributed by atoms with Gasteiger partial charge >= 0.3 is 6.18 Å². The van der Waals surface area contributed by atoms with Crippen LogP contribution in [0.5, 0.6) is 0 Å². The third-order valence-electron chi connectivity index (χ3n) is 5.39. The minimum atomic E-state index is -4.29. The van der Waals surface area contributed by atoms with Crippen molar-refractivity contribution in [1.82, 2.24) is 15.5 Å². The molecular formula is C21H31F3N4O2. The smallest absolute Gasteiger partial charge is 0.377 e. The average molecular weight is 428 g/mol. The standard InChI is InChI=1S/C21H31F3N4O2/c1-25-20(26-9-12-29-15-19-3-2-11-30-19)27-18-8-10-28(14-18)13-16-4-6-17(7-5-16)21(22,23)24/h4-7,18-19H,2-3,8-15H2,1H3,(H2,25,26,27). The van der Waals surface area contributed by atoms with Crippen LogP contribution in [0.4, 0.5) is 13.2 Å². The maximum absolute atomic E-state index is 12.7. The van der Waals surface area contributed by atoms with E-state index in [1.807, 2.05) is 0 Å². The SMILES string of the molecule is CN=C(NCCOCC1CCCO1)NC1CCN(Cc2ccc(C(F)(F)F)cc2)C1. The van der Waals surface area contributed by atoms with Crippen LogP contribution < -0.4 is 10.6 Å². The molecule has 9 heteroatoms. The molecule has 0 saturated carbocycles. The first-order valence-electron chi connectivity index (χ1n) is 10.5. The van der Waals surface area contributed by atoms with E-state index in [0.717, 1.165) is 62.6 Å². The number of nitrogens with one attached hydrogen (secondary N) is 2. The van der Waals surface area contributed by atoms with E-state index in [1.165, 1.54) is 0 Å². The number of hydrogen-bond donors (Lipinski definition) is 2. The first kappa shape index (κ1) is 22.8.